The van der Waals surface area contributed by atoms with Gasteiger partial charge in [-0.1, -0.05) is 54.6 Å². The van der Waals surface area contributed by atoms with Crippen LogP contribution in [-0.2, 0) is 11.3 Å². The second-order valence-electron chi connectivity index (χ2n) is 5.08. The molecule has 4 nitrogen and oxygen atoms in total. The Morgan fingerprint density at radius 1 is 1.14 bits per heavy atom. The molecule has 1 aliphatic heterocycles. The van der Waals surface area contributed by atoms with E-state index in [-0.39, 0.29) is 16.8 Å². The molecule has 0 N–H and O–H groups in total. The summed E-state index contributed by atoms with van der Waals surface area (Å²) in [5.74, 6) is -0.648. The molecule has 0 radical (unpaired) electrons. The average Bonchev–Trinajstić information content (AvgIpc) is 2.89. The number of hydrogen-bond acceptors (Lipinski definition) is 4. The molecule has 0 bridgehead atoms. The monoisotopic (exact) mass is 312 g/mol. The van der Waals surface area contributed by atoms with Crippen molar-refractivity contribution in [2.75, 3.05) is 5.75 Å². The molecular formula is C17H14NO3S-. The van der Waals surface area contributed by atoms with E-state index in [0.717, 1.165) is 11.1 Å². The lowest BCUT2D eigenvalue weighted by Gasteiger charge is -2.24. The number of hydrogen-bond donors (Lipinski definition) is 0. The third-order valence-corrected chi connectivity index (χ3v) is 4.85. The minimum absolute atomic E-state index is 0.0801. The Hall–Kier alpha value is -2.27. The first-order valence-corrected chi connectivity index (χ1v) is 7.96. The molecule has 112 valence electrons. The van der Waals surface area contributed by atoms with Crippen molar-refractivity contribution in [1.29, 1.82) is 0 Å². The standard InChI is InChI=1S/C17H15NO3S/c19-15-11-22-16(13-6-8-14(9-7-13)17(20)21)18(15)10-12-4-2-1-3-5-12/h1-9,16H,10-11H2,(H,20,21)/p-1. The summed E-state index contributed by atoms with van der Waals surface area (Å²) in [6.07, 6.45) is 0. The van der Waals surface area contributed by atoms with Gasteiger partial charge < -0.3 is 14.8 Å². The summed E-state index contributed by atoms with van der Waals surface area (Å²) in [6.45, 7) is 0.555. The topological polar surface area (TPSA) is 60.4 Å². The fourth-order valence-corrected chi connectivity index (χ4v) is 3.65. The SMILES string of the molecule is O=C([O-])c1ccc(C2SCC(=O)N2Cc2ccccc2)cc1. The van der Waals surface area contributed by atoms with Crippen molar-refractivity contribution in [2.24, 2.45) is 0 Å². The Kier molecular flexibility index (Phi) is 4.15. The third-order valence-electron chi connectivity index (χ3n) is 3.60. The largest absolute Gasteiger partial charge is 0.545 e. The lowest BCUT2D eigenvalue weighted by atomic mass is 10.1. The van der Waals surface area contributed by atoms with Gasteiger partial charge >= 0.3 is 0 Å². The molecule has 1 unspecified atom stereocenters. The maximum absolute atomic E-state index is 12.1. The summed E-state index contributed by atoms with van der Waals surface area (Å²) in [5, 5.41) is 10.7. The number of nitrogens with zero attached hydrogens (tertiary/aromatic N) is 1. The van der Waals surface area contributed by atoms with Crippen LogP contribution in [0.4, 0.5) is 0 Å². The fraction of sp³-hybridized carbons (Fsp3) is 0.176. The molecule has 1 atom stereocenters. The summed E-state index contributed by atoms with van der Waals surface area (Å²) in [6, 6.07) is 16.4. The predicted octanol–water partition coefficient (Wildman–Crippen LogP) is 1.82. The molecule has 1 heterocycles. The van der Waals surface area contributed by atoms with Crippen molar-refractivity contribution in [3.63, 3.8) is 0 Å². The van der Waals surface area contributed by atoms with Gasteiger partial charge in [-0.05, 0) is 16.7 Å². The van der Waals surface area contributed by atoms with Crippen LogP contribution in [0.1, 0.15) is 26.9 Å². The second-order valence-corrected chi connectivity index (χ2v) is 6.15. The van der Waals surface area contributed by atoms with Crippen molar-refractivity contribution < 1.29 is 14.7 Å². The zero-order chi connectivity index (χ0) is 15.5. The molecular weight excluding hydrogens is 298 g/mol. The number of amides is 1. The summed E-state index contributed by atoms with van der Waals surface area (Å²) < 4.78 is 0. The van der Waals surface area contributed by atoms with E-state index >= 15 is 0 Å². The summed E-state index contributed by atoms with van der Waals surface area (Å²) in [4.78, 5) is 24.8. The summed E-state index contributed by atoms with van der Waals surface area (Å²) in [5.41, 5.74) is 2.15. The quantitative estimate of drug-likeness (QED) is 0.864. The Morgan fingerprint density at radius 3 is 2.45 bits per heavy atom. The van der Waals surface area contributed by atoms with Crippen LogP contribution in [0.5, 0.6) is 0 Å². The first-order valence-electron chi connectivity index (χ1n) is 6.91. The van der Waals surface area contributed by atoms with Gasteiger partial charge in [0.1, 0.15) is 5.37 Å². The van der Waals surface area contributed by atoms with Gasteiger partial charge in [0.05, 0.1) is 11.7 Å². The highest BCUT2D eigenvalue weighted by Gasteiger charge is 2.32. The molecule has 0 aromatic heterocycles. The van der Waals surface area contributed by atoms with Crippen molar-refractivity contribution in [3.05, 3.63) is 71.3 Å². The molecule has 0 spiro atoms. The normalized spacial score (nSPS) is 17.7. The zero-order valence-corrected chi connectivity index (χ0v) is 12.6. The minimum Gasteiger partial charge on any atom is -0.545 e. The summed E-state index contributed by atoms with van der Waals surface area (Å²) in [7, 11) is 0. The fourth-order valence-electron chi connectivity index (χ4n) is 2.47. The summed E-state index contributed by atoms with van der Waals surface area (Å²) >= 11 is 1.56. The van der Waals surface area contributed by atoms with Gasteiger partial charge in [-0.3, -0.25) is 4.79 Å². The van der Waals surface area contributed by atoms with Gasteiger partial charge in [0.2, 0.25) is 5.91 Å². The second kappa shape index (κ2) is 6.23. The third kappa shape index (κ3) is 2.99. The van der Waals surface area contributed by atoms with Crippen LogP contribution in [0.15, 0.2) is 54.6 Å². The van der Waals surface area contributed by atoms with E-state index in [0.29, 0.717) is 12.3 Å². The van der Waals surface area contributed by atoms with Crippen LogP contribution in [0.25, 0.3) is 0 Å². The van der Waals surface area contributed by atoms with Crippen molar-refractivity contribution >= 4 is 23.6 Å². The molecule has 1 amide bonds. The van der Waals surface area contributed by atoms with Gasteiger partial charge in [-0.15, -0.1) is 11.8 Å². The number of carbonyl (C=O) groups excluding carboxylic acids is 2. The van der Waals surface area contributed by atoms with Crippen molar-refractivity contribution in [1.82, 2.24) is 4.90 Å². The molecule has 0 saturated carbocycles. The zero-order valence-electron chi connectivity index (χ0n) is 11.8. The highest BCUT2D eigenvalue weighted by atomic mass is 32.2. The van der Waals surface area contributed by atoms with Crippen LogP contribution in [0.2, 0.25) is 0 Å². The minimum atomic E-state index is -1.19. The molecule has 1 saturated heterocycles. The maximum Gasteiger partial charge on any atom is 0.234 e. The maximum atomic E-state index is 12.1. The Balaban J connectivity index is 1.82. The number of carbonyl (C=O) groups is 2. The Morgan fingerprint density at radius 2 is 1.82 bits per heavy atom. The predicted molar refractivity (Wildman–Crippen MR) is 83.0 cm³/mol. The van der Waals surface area contributed by atoms with Crippen LogP contribution >= 0.6 is 11.8 Å². The number of thioether (sulfide) groups is 1. The molecule has 1 aliphatic rings. The number of benzene rings is 2. The number of aromatic carboxylic acids is 1. The van der Waals surface area contributed by atoms with E-state index < -0.39 is 5.97 Å². The van der Waals surface area contributed by atoms with E-state index in [1.54, 1.807) is 23.9 Å². The molecule has 1 fully saturated rings. The number of rotatable bonds is 4. The number of carboxylic acids is 1. The lowest BCUT2D eigenvalue weighted by molar-refractivity contribution is -0.255. The highest BCUT2D eigenvalue weighted by molar-refractivity contribution is 8.00. The van der Waals surface area contributed by atoms with Crippen molar-refractivity contribution in [2.45, 2.75) is 11.9 Å². The van der Waals surface area contributed by atoms with E-state index in [1.165, 1.54) is 12.1 Å². The van der Waals surface area contributed by atoms with Gasteiger partial charge in [0.15, 0.2) is 0 Å². The van der Waals surface area contributed by atoms with Crippen molar-refractivity contribution in [3.8, 4) is 0 Å². The van der Waals surface area contributed by atoms with Gasteiger partial charge in [0, 0.05) is 6.54 Å². The molecule has 0 aliphatic carbocycles. The van der Waals surface area contributed by atoms with Crippen LogP contribution < -0.4 is 5.11 Å². The Labute approximate surface area is 132 Å². The van der Waals surface area contributed by atoms with E-state index in [1.807, 2.05) is 35.2 Å². The van der Waals surface area contributed by atoms with Gasteiger partial charge in [0.25, 0.3) is 0 Å². The van der Waals surface area contributed by atoms with E-state index in [9.17, 15) is 14.7 Å². The molecule has 2 aromatic rings. The van der Waals surface area contributed by atoms with E-state index in [4.69, 9.17) is 0 Å². The van der Waals surface area contributed by atoms with Crippen LogP contribution in [-0.4, -0.2) is 22.5 Å². The molecule has 5 heteroatoms. The molecule has 3 rings (SSSR count). The number of carboxylic acid groups (broad SMARTS) is 1. The molecule has 22 heavy (non-hydrogen) atoms. The average molecular weight is 312 g/mol. The Bertz CT molecular complexity index is 685. The van der Waals surface area contributed by atoms with Crippen LogP contribution in [0.3, 0.4) is 0 Å². The van der Waals surface area contributed by atoms with Gasteiger partial charge in [-0.25, -0.2) is 0 Å². The smallest absolute Gasteiger partial charge is 0.234 e. The highest BCUT2D eigenvalue weighted by Crippen LogP contribution is 2.39. The first kappa shape index (κ1) is 14.7. The molecule has 2 aromatic carbocycles. The first-order chi connectivity index (χ1) is 10.6. The van der Waals surface area contributed by atoms with Crippen LogP contribution in [0, 0.1) is 0 Å². The van der Waals surface area contributed by atoms with E-state index in [2.05, 4.69) is 0 Å². The lowest BCUT2D eigenvalue weighted by Crippen LogP contribution is -2.27. The van der Waals surface area contributed by atoms with Gasteiger partial charge in [-0.2, -0.15) is 0 Å².